The summed E-state index contributed by atoms with van der Waals surface area (Å²) in [6.45, 7) is 2.41. The molecular weight excluding hydrogens is 368 g/mol. The second-order valence-corrected chi connectivity index (χ2v) is 7.63. The van der Waals surface area contributed by atoms with Gasteiger partial charge in [-0.1, -0.05) is 29.4 Å². The topological polar surface area (TPSA) is 64.4 Å². The summed E-state index contributed by atoms with van der Waals surface area (Å²) < 4.78 is 11.1. The van der Waals surface area contributed by atoms with Crippen LogP contribution in [-0.2, 0) is 10.5 Å². The predicted molar refractivity (Wildman–Crippen MR) is 106 cm³/mol. The largest absolute Gasteiger partial charge is 0.489 e. The molecule has 1 atom stereocenters. The SMILES string of the molecule is CC(CNC(=O)CSCc1cc(-c2cccs2)on1)Oc1ccccc1. The fourth-order valence-electron chi connectivity index (χ4n) is 2.24. The van der Waals surface area contributed by atoms with Gasteiger partial charge in [0, 0.05) is 11.8 Å². The number of carbonyl (C=O) groups excluding carboxylic acids is 1. The zero-order valence-corrected chi connectivity index (χ0v) is 16.0. The lowest BCUT2D eigenvalue weighted by Crippen LogP contribution is -2.34. The van der Waals surface area contributed by atoms with E-state index < -0.39 is 0 Å². The summed E-state index contributed by atoms with van der Waals surface area (Å²) >= 11 is 3.12. The Labute approximate surface area is 160 Å². The second kappa shape index (κ2) is 9.45. The van der Waals surface area contributed by atoms with Crippen molar-refractivity contribution in [1.29, 1.82) is 0 Å². The van der Waals surface area contributed by atoms with Crippen LogP contribution in [0.1, 0.15) is 12.6 Å². The van der Waals surface area contributed by atoms with Gasteiger partial charge in [-0.25, -0.2) is 0 Å². The number of ether oxygens (including phenoxy) is 1. The Bertz CT molecular complexity index is 803. The molecule has 136 valence electrons. The summed E-state index contributed by atoms with van der Waals surface area (Å²) in [5.41, 5.74) is 0.840. The quantitative estimate of drug-likeness (QED) is 0.595. The lowest BCUT2D eigenvalue weighted by Gasteiger charge is -2.15. The maximum atomic E-state index is 12.0. The molecule has 2 aromatic heterocycles. The third-order valence-electron chi connectivity index (χ3n) is 3.47. The molecule has 1 aromatic carbocycles. The molecule has 7 heteroatoms. The number of hydrogen-bond donors (Lipinski definition) is 1. The van der Waals surface area contributed by atoms with E-state index in [0.717, 1.165) is 22.1 Å². The van der Waals surface area contributed by atoms with Crippen LogP contribution < -0.4 is 10.1 Å². The zero-order valence-electron chi connectivity index (χ0n) is 14.4. The number of benzene rings is 1. The third kappa shape index (κ3) is 5.64. The van der Waals surface area contributed by atoms with Crippen LogP contribution in [0.25, 0.3) is 10.6 Å². The molecule has 2 heterocycles. The summed E-state index contributed by atoms with van der Waals surface area (Å²) in [4.78, 5) is 13.0. The lowest BCUT2D eigenvalue weighted by molar-refractivity contribution is -0.118. The van der Waals surface area contributed by atoms with E-state index in [-0.39, 0.29) is 12.0 Å². The van der Waals surface area contributed by atoms with Crippen LogP contribution in [0, 0.1) is 0 Å². The first kappa shape index (κ1) is 18.5. The maximum absolute atomic E-state index is 12.0. The monoisotopic (exact) mass is 388 g/mol. The smallest absolute Gasteiger partial charge is 0.230 e. The number of carbonyl (C=O) groups is 1. The van der Waals surface area contributed by atoms with Crippen LogP contribution >= 0.6 is 23.1 Å². The minimum Gasteiger partial charge on any atom is -0.489 e. The van der Waals surface area contributed by atoms with Crippen LogP contribution in [0.5, 0.6) is 5.75 Å². The van der Waals surface area contributed by atoms with Gasteiger partial charge in [0.2, 0.25) is 5.91 Å². The van der Waals surface area contributed by atoms with Crippen molar-refractivity contribution in [2.24, 2.45) is 0 Å². The second-order valence-electron chi connectivity index (χ2n) is 5.70. The summed E-state index contributed by atoms with van der Waals surface area (Å²) in [6, 6.07) is 15.5. The van der Waals surface area contributed by atoms with E-state index in [9.17, 15) is 4.79 Å². The molecule has 0 fully saturated rings. The molecule has 0 radical (unpaired) electrons. The molecule has 0 bridgehead atoms. The maximum Gasteiger partial charge on any atom is 0.230 e. The number of para-hydroxylation sites is 1. The van der Waals surface area contributed by atoms with Crippen molar-refractivity contribution >= 4 is 29.0 Å². The van der Waals surface area contributed by atoms with Crippen LogP contribution in [0.3, 0.4) is 0 Å². The van der Waals surface area contributed by atoms with Gasteiger partial charge < -0.3 is 14.6 Å². The van der Waals surface area contributed by atoms with E-state index in [1.54, 1.807) is 11.3 Å². The Morgan fingerprint density at radius 1 is 1.31 bits per heavy atom. The number of amides is 1. The number of rotatable bonds is 9. The van der Waals surface area contributed by atoms with Gasteiger partial charge in [-0.05, 0) is 30.5 Å². The number of nitrogens with zero attached hydrogens (tertiary/aromatic N) is 1. The van der Waals surface area contributed by atoms with Gasteiger partial charge in [0.25, 0.3) is 0 Å². The van der Waals surface area contributed by atoms with Crippen molar-refractivity contribution in [2.75, 3.05) is 12.3 Å². The Morgan fingerprint density at radius 3 is 2.92 bits per heavy atom. The van der Waals surface area contributed by atoms with Gasteiger partial charge >= 0.3 is 0 Å². The number of thioether (sulfide) groups is 1. The fraction of sp³-hybridized carbons (Fsp3) is 0.263. The molecular formula is C19H20N2O3S2. The summed E-state index contributed by atoms with van der Waals surface area (Å²) in [7, 11) is 0. The highest BCUT2D eigenvalue weighted by molar-refractivity contribution is 7.99. The van der Waals surface area contributed by atoms with Crippen LogP contribution in [0.15, 0.2) is 58.4 Å². The van der Waals surface area contributed by atoms with Gasteiger partial charge in [0.15, 0.2) is 5.76 Å². The van der Waals surface area contributed by atoms with E-state index in [2.05, 4.69) is 10.5 Å². The van der Waals surface area contributed by atoms with Gasteiger partial charge in [0.05, 0.1) is 22.9 Å². The highest BCUT2D eigenvalue weighted by Gasteiger charge is 2.10. The molecule has 0 aliphatic rings. The van der Waals surface area contributed by atoms with Crippen molar-refractivity contribution in [1.82, 2.24) is 10.5 Å². The molecule has 1 N–H and O–H groups in total. The summed E-state index contributed by atoms with van der Waals surface area (Å²) in [6.07, 6.45) is -0.0877. The molecule has 0 aliphatic heterocycles. The number of nitrogens with one attached hydrogen (secondary N) is 1. The molecule has 1 unspecified atom stereocenters. The highest BCUT2D eigenvalue weighted by Crippen LogP contribution is 2.26. The molecule has 0 aliphatic carbocycles. The lowest BCUT2D eigenvalue weighted by atomic mass is 10.3. The van der Waals surface area contributed by atoms with Crippen LogP contribution in [0.2, 0.25) is 0 Å². The van der Waals surface area contributed by atoms with E-state index in [4.69, 9.17) is 9.26 Å². The normalized spacial score (nSPS) is 11.9. The van der Waals surface area contributed by atoms with Gasteiger partial charge in [-0.2, -0.15) is 0 Å². The molecule has 0 saturated heterocycles. The van der Waals surface area contributed by atoms with E-state index in [1.807, 2.05) is 60.8 Å². The fourth-order valence-corrected chi connectivity index (χ4v) is 3.65. The first-order valence-corrected chi connectivity index (χ1v) is 10.3. The first-order chi connectivity index (χ1) is 12.7. The zero-order chi connectivity index (χ0) is 18.2. The average molecular weight is 389 g/mol. The molecule has 26 heavy (non-hydrogen) atoms. The predicted octanol–water partition coefficient (Wildman–Crippen LogP) is 4.22. The van der Waals surface area contributed by atoms with Crippen LogP contribution in [0.4, 0.5) is 0 Å². The first-order valence-electron chi connectivity index (χ1n) is 8.26. The molecule has 0 saturated carbocycles. The minimum atomic E-state index is -0.0877. The summed E-state index contributed by atoms with van der Waals surface area (Å²) in [5, 5.41) is 8.94. The molecule has 3 rings (SSSR count). The Hall–Kier alpha value is -2.25. The van der Waals surface area contributed by atoms with Crippen molar-refractivity contribution in [2.45, 2.75) is 18.8 Å². The standard InChI is InChI=1S/C19H20N2O3S2/c1-14(23-16-6-3-2-4-7-16)11-20-19(22)13-25-12-15-10-17(24-21-15)18-8-5-9-26-18/h2-10,14H,11-13H2,1H3,(H,20,22). The Kier molecular flexibility index (Phi) is 6.74. The van der Waals surface area contributed by atoms with E-state index in [1.165, 1.54) is 11.8 Å². The molecule has 5 nitrogen and oxygen atoms in total. The Morgan fingerprint density at radius 2 is 2.15 bits per heavy atom. The average Bonchev–Trinajstić information content (AvgIpc) is 3.32. The van der Waals surface area contributed by atoms with Crippen molar-refractivity contribution in [3.63, 3.8) is 0 Å². The van der Waals surface area contributed by atoms with E-state index in [0.29, 0.717) is 18.1 Å². The van der Waals surface area contributed by atoms with Gasteiger partial charge in [-0.15, -0.1) is 23.1 Å². The van der Waals surface area contributed by atoms with E-state index >= 15 is 0 Å². The van der Waals surface area contributed by atoms with Crippen molar-refractivity contribution in [3.8, 4) is 16.4 Å². The third-order valence-corrected chi connectivity index (χ3v) is 5.32. The minimum absolute atomic E-state index is 0.0134. The van der Waals surface area contributed by atoms with Crippen molar-refractivity contribution < 1.29 is 14.1 Å². The summed E-state index contributed by atoms with van der Waals surface area (Å²) in [5.74, 6) is 2.57. The number of aromatic nitrogens is 1. The van der Waals surface area contributed by atoms with Gasteiger partial charge in [-0.3, -0.25) is 4.79 Å². The molecule has 0 spiro atoms. The van der Waals surface area contributed by atoms with Crippen LogP contribution in [-0.4, -0.2) is 29.5 Å². The Balaban J connectivity index is 1.34. The molecule has 3 aromatic rings. The highest BCUT2D eigenvalue weighted by atomic mass is 32.2. The van der Waals surface area contributed by atoms with Gasteiger partial charge in [0.1, 0.15) is 11.9 Å². The number of hydrogen-bond acceptors (Lipinski definition) is 6. The number of thiophene rings is 1. The molecule has 1 amide bonds. The van der Waals surface area contributed by atoms with Crippen molar-refractivity contribution in [3.05, 3.63) is 59.6 Å².